The van der Waals surface area contributed by atoms with Crippen molar-refractivity contribution in [2.75, 3.05) is 20.1 Å². The minimum absolute atomic E-state index is 0.0122. The van der Waals surface area contributed by atoms with Gasteiger partial charge in [-0.1, -0.05) is 66.7 Å². The number of sulfonamides is 1. The molecule has 6 fully saturated rings. The molecule has 0 spiro atoms. The Balaban J connectivity index is 1.20. The maximum Gasteiger partial charge on any atom is 0.315 e. The number of ketones is 1. The molecule has 50 heavy (non-hydrogen) atoms. The van der Waals surface area contributed by atoms with Crippen LogP contribution < -0.4 is 21.3 Å². The second-order valence-corrected chi connectivity index (χ2v) is 20.1. The van der Waals surface area contributed by atoms with Crippen LogP contribution in [-0.2, 0) is 29.2 Å². The molecule has 0 aromatic heterocycles. The third-order valence-electron chi connectivity index (χ3n) is 12.7. The highest BCUT2D eigenvalue weighted by Crippen LogP contribution is 2.65. The van der Waals surface area contributed by atoms with E-state index in [-0.39, 0.29) is 23.3 Å². The molecule has 0 aromatic carbocycles. The molecular weight excluding hydrogens is 660 g/mol. The number of fused-ring (bicyclic) bond motifs is 1. The van der Waals surface area contributed by atoms with Crippen LogP contribution in [0.3, 0.4) is 0 Å². The van der Waals surface area contributed by atoms with E-state index in [2.05, 4.69) is 35.1 Å². The van der Waals surface area contributed by atoms with E-state index in [9.17, 15) is 32.4 Å². The summed E-state index contributed by atoms with van der Waals surface area (Å²) in [6, 6.07) is -3.43. The molecule has 2 saturated heterocycles. The number of Topliss-reactive ketones (excluding diaryl/α,β-unsaturated/α-hetero) is 1. The first kappa shape index (κ1) is 37.0. The molecule has 4 saturated carbocycles. The van der Waals surface area contributed by atoms with Crippen molar-refractivity contribution in [1.82, 2.24) is 30.5 Å². The van der Waals surface area contributed by atoms with E-state index in [1.54, 1.807) is 11.9 Å². The molecule has 0 unspecified atom stereocenters. The van der Waals surface area contributed by atoms with E-state index in [1.165, 1.54) is 4.31 Å². The highest BCUT2D eigenvalue weighted by Gasteiger charge is 2.70. The maximum absolute atomic E-state index is 14.5. The zero-order valence-corrected chi connectivity index (χ0v) is 31.5. The number of hydrogen-bond donors (Lipinski definition) is 4. The van der Waals surface area contributed by atoms with Gasteiger partial charge in [-0.05, 0) is 73.5 Å². The van der Waals surface area contributed by atoms with Crippen molar-refractivity contribution >= 4 is 39.6 Å². The van der Waals surface area contributed by atoms with E-state index in [0.717, 1.165) is 51.4 Å². The molecule has 14 heteroatoms. The van der Waals surface area contributed by atoms with Crippen LogP contribution in [0, 0.1) is 28.6 Å². The SMILES string of the molecule is CN1CC[C@H](C2(NC(=O)N[C@H](C(=O)N3C[C@H]4[C@@H]([C@H]3C(=O)N[C@@H](CCC3CC3)C(=O)C(=O)NC3CC3)C4(C)C)C(C)(C)C)CCCCC2)S1(=O)=O. The zero-order chi connectivity index (χ0) is 36.4. The van der Waals surface area contributed by atoms with Gasteiger partial charge in [0.05, 0.1) is 16.8 Å². The number of piperidine rings is 1. The van der Waals surface area contributed by atoms with Gasteiger partial charge < -0.3 is 26.2 Å². The summed E-state index contributed by atoms with van der Waals surface area (Å²) in [5, 5.41) is 10.9. The molecule has 0 aromatic rings. The Bertz CT molecular complexity index is 1490. The monoisotopic (exact) mass is 718 g/mol. The summed E-state index contributed by atoms with van der Waals surface area (Å²) in [6.07, 6.45) is 9.02. The number of rotatable bonds is 12. The summed E-state index contributed by atoms with van der Waals surface area (Å²) in [4.78, 5) is 70.3. The molecule has 5 amide bonds. The number of carbonyl (C=O) groups excluding carboxylic acids is 5. The van der Waals surface area contributed by atoms with Crippen molar-refractivity contribution in [2.24, 2.45) is 28.6 Å². The average Bonchev–Trinajstić information content (AvgIpc) is 4.00. The highest BCUT2D eigenvalue weighted by molar-refractivity contribution is 7.90. The second-order valence-electron chi connectivity index (χ2n) is 17.8. The molecule has 2 aliphatic heterocycles. The Morgan fingerprint density at radius 3 is 2.14 bits per heavy atom. The Hall–Kier alpha value is -2.74. The normalized spacial score (nSPS) is 30.8. The number of likely N-dealkylation sites (tertiary alicyclic amines) is 1. The topological polar surface area (TPSA) is 174 Å². The van der Waals surface area contributed by atoms with Crippen LogP contribution in [0.15, 0.2) is 0 Å². The number of amides is 5. The maximum atomic E-state index is 14.5. The highest BCUT2D eigenvalue weighted by atomic mass is 32.2. The predicted molar refractivity (Wildman–Crippen MR) is 187 cm³/mol. The summed E-state index contributed by atoms with van der Waals surface area (Å²) >= 11 is 0. The fourth-order valence-corrected chi connectivity index (χ4v) is 11.1. The van der Waals surface area contributed by atoms with Crippen molar-refractivity contribution in [3.8, 4) is 0 Å². The van der Waals surface area contributed by atoms with Gasteiger partial charge in [0.1, 0.15) is 12.1 Å². The summed E-state index contributed by atoms with van der Waals surface area (Å²) in [7, 11) is -2.02. The predicted octanol–water partition coefficient (Wildman–Crippen LogP) is 2.44. The first-order chi connectivity index (χ1) is 23.4. The molecule has 4 N–H and O–H groups in total. The molecule has 6 aliphatic rings. The Morgan fingerprint density at radius 1 is 0.920 bits per heavy atom. The van der Waals surface area contributed by atoms with E-state index < -0.39 is 73.9 Å². The zero-order valence-electron chi connectivity index (χ0n) is 30.7. The Labute approximate surface area is 297 Å². The van der Waals surface area contributed by atoms with E-state index in [1.807, 2.05) is 20.8 Å². The van der Waals surface area contributed by atoms with E-state index in [0.29, 0.717) is 44.7 Å². The fraction of sp³-hybridized carbons (Fsp3) is 0.861. The summed E-state index contributed by atoms with van der Waals surface area (Å²) in [6.45, 7) is 10.4. The van der Waals surface area contributed by atoms with Crippen LogP contribution in [0.1, 0.15) is 112 Å². The van der Waals surface area contributed by atoms with Gasteiger partial charge in [0.25, 0.3) is 5.91 Å². The molecule has 2 heterocycles. The van der Waals surface area contributed by atoms with Crippen LogP contribution in [-0.4, -0.2) is 102 Å². The third-order valence-corrected chi connectivity index (χ3v) is 15.2. The number of urea groups is 1. The van der Waals surface area contributed by atoms with Crippen molar-refractivity contribution in [3.05, 3.63) is 0 Å². The van der Waals surface area contributed by atoms with Gasteiger partial charge in [-0.15, -0.1) is 0 Å². The number of nitrogens with one attached hydrogen (secondary N) is 4. The van der Waals surface area contributed by atoms with Crippen molar-refractivity contribution in [3.63, 3.8) is 0 Å². The summed E-state index contributed by atoms with van der Waals surface area (Å²) < 4.78 is 28.0. The third kappa shape index (κ3) is 7.29. The lowest BCUT2D eigenvalue weighted by Crippen LogP contribution is -2.65. The molecule has 6 atom stereocenters. The smallest absolute Gasteiger partial charge is 0.315 e. The van der Waals surface area contributed by atoms with E-state index in [4.69, 9.17) is 0 Å². The molecule has 13 nitrogen and oxygen atoms in total. The van der Waals surface area contributed by atoms with Gasteiger partial charge in [0, 0.05) is 26.2 Å². The van der Waals surface area contributed by atoms with Gasteiger partial charge in [0.2, 0.25) is 27.6 Å². The van der Waals surface area contributed by atoms with Gasteiger partial charge in [-0.2, -0.15) is 0 Å². The van der Waals surface area contributed by atoms with Crippen LogP contribution in [0.5, 0.6) is 0 Å². The van der Waals surface area contributed by atoms with Crippen LogP contribution in [0.4, 0.5) is 4.79 Å². The average molecular weight is 719 g/mol. The van der Waals surface area contributed by atoms with Gasteiger partial charge in [0.15, 0.2) is 0 Å². The Morgan fingerprint density at radius 2 is 1.58 bits per heavy atom. The van der Waals surface area contributed by atoms with Crippen LogP contribution in [0.25, 0.3) is 0 Å². The number of hydrogen-bond acceptors (Lipinski definition) is 7. The number of nitrogens with zero attached hydrogens (tertiary/aromatic N) is 2. The second kappa shape index (κ2) is 13.3. The quantitative estimate of drug-likeness (QED) is 0.224. The molecule has 6 rings (SSSR count). The van der Waals surface area contributed by atoms with Crippen LogP contribution >= 0.6 is 0 Å². The van der Waals surface area contributed by atoms with Gasteiger partial charge in [-0.25, -0.2) is 17.5 Å². The van der Waals surface area contributed by atoms with Crippen molar-refractivity contribution < 1.29 is 32.4 Å². The van der Waals surface area contributed by atoms with Gasteiger partial charge in [-0.3, -0.25) is 19.2 Å². The van der Waals surface area contributed by atoms with Gasteiger partial charge >= 0.3 is 6.03 Å². The van der Waals surface area contributed by atoms with Crippen molar-refractivity contribution in [1.29, 1.82) is 0 Å². The van der Waals surface area contributed by atoms with Crippen molar-refractivity contribution in [2.45, 2.75) is 147 Å². The largest absolute Gasteiger partial charge is 0.347 e. The molecule has 0 bridgehead atoms. The first-order valence-corrected chi connectivity index (χ1v) is 20.4. The Kier molecular flexibility index (Phi) is 9.89. The van der Waals surface area contributed by atoms with Crippen LogP contribution in [0.2, 0.25) is 0 Å². The summed E-state index contributed by atoms with van der Waals surface area (Å²) in [5.41, 5.74) is -1.88. The first-order valence-electron chi connectivity index (χ1n) is 18.9. The summed E-state index contributed by atoms with van der Waals surface area (Å²) in [5.74, 6) is -1.72. The molecule has 0 radical (unpaired) electrons. The van der Waals surface area contributed by atoms with E-state index >= 15 is 0 Å². The number of carbonyl (C=O) groups is 5. The lowest BCUT2D eigenvalue weighted by atomic mass is 9.78. The molecular formula is C36H58N6O7S. The lowest BCUT2D eigenvalue weighted by Gasteiger charge is -2.43. The minimum Gasteiger partial charge on any atom is -0.347 e. The molecule has 4 aliphatic carbocycles. The minimum atomic E-state index is -3.59. The lowest BCUT2D eigenvalue weighted by molar-refractivity contribution is -0.145. The standard InChI is InChI=1S/C36H58N6O7S/c1-34(2,3)29(39-33(47)40-36(17-8-7-9-18-36)25-16-19-41(6)50(25,48)49)32(46)42-20-23-26(35(23,4)5)27(42)30(44)38-24(15-12-21-10-11-21)28(43)31(45)37-22-13-14-22/h21-27,29H,7-20H2,1-6H3,(H,37,45)(H,38,44)(H2,39,40,47)/t23-,24-,25+,26-,27-,29+/m0/s1. The molecule has 280 valence electrons. The fourth-order valence-electron chi connectivity index (χ4n) is 9.06.